The van der Waals surface area contributed by atoms with E-state index in [0.29, 0.717) is 12.8 Å². The fourth-order valence-corrected chi connectivity index (χ4v) is 8.41. The molecule has 0 aliphatic rings. The Bertz CT molecular complexity index is 1170. The third kappa shape index (κ3) is 46.7. The Balaban J connectivity index is 4.17. The van der Waals surface area contributed by atoms with E-state index < -0.39 is 18.1 Å². The zero-order chi connectivity index (χ0) is 48.4. The second-order valence-electron chi connectivity index (χ2n) is 20.2. The fraction of sp³-hybridized carbons (Fsp3) is 0.845. The van der Waals surface area contributed by atoms with Crippen LogP contribution in [0.15, 0.2) is 36.5 Å². The second-order valence-corrected chi connectivity index (χ2v) is 20.2. The SMILES string of the molecule is CCCCC/C=C/C=C/CCCCCCCCCCCCC(=O)OC(COCCC(C(=O)[O-])[N+](C)(C)C)COC(=O)CCCCCCCCC/C=C/CCCCCCCCCCCCCC. The van der Waals surface area contributed by atoms with Gasteiger partial charge in [0, 0.05) is 19.3 Å². The number of hydrogen-bond donors (Lipinski definition) is 0. The van der Waals surface area contributed by atoms with Gasteiger partial charge < -0.3 is 28.6 Å². The maximum atomic E-state index is 12.8. The van der Waals surface area contributed by atoms with Gasteiger partial charge in [-0.05, 0) is 64.2 Å². The van der Waals surface area contributed by atoms with Crippen molar-refractivity contribution >= 4 is 17.9 Å². The number of hydrogen-bond acceptors (Lipinski definition) is 7. The average Bonchev–Trinajstić information content (AvgIpc) is 3.28. The van der Waals surface area contributed by atoms with Crippen LogP contribution in [0.3, 0.4) is 0 Å². The first-order valence-corrected chi connectivity index (χ1v) is 28.0. The van der Waals surface area contributed by atoms with E-state index in [1.807, 2.05) is 21.1 Å². The van der Waals surface area contributed by atoms with Crippen molar-refractivity contribution in [3.63, 3.8) is 0 Å². The van der Waals surface area contributed by atoms with Crippen molar-refractivity contribution in [3.8, 4) is 0 Å². The molecule has 0 radical (unpaired) electrons. The monoisotopic (exact) mass is 930 g/mol. The lowest BCUT2D eigenvalue weighted by molar-refractivity contribution is -0.889. The van der Waals surface area contributed by atoms with Crippen molar-refractivity contribution in [1.29, 1.82) is 0 Å². The van der Waals surface area contributed by atoms with Crippen molar-refractivity contribution in [2.75, 3.05) is 41.0 Å². The summed E-state index contributed by atoms with van der Waals surface area (Å²) in [5, 5.41) is 11.7. The Morgan fingerprint density at radius 3 is 1.21 bits per heavy atom. The maximum absolute atomic E-state index is 12.8. The number of aliphatic carboxylic acids is 1. The van der Waals surface area contributed by atoms with Crippen LogP contribution < -0.4 is 5.11 Å². The molecule has 0 heterocycles. The molecule has 0 spiro atoms. The molecule has 8 nitrogen and oxygen atoms in total. The Kier molecular flexibility index (Phi) is 47.2. The minimum atomic E-state index is -1.12. The molecule has 0 rings (SSSR count). The van der Waals surface area contributed by atoms with Crippen LogP contribution in [0.5, 0.6) is 0 Å². The number of nitrogens with zero attached hydrogens (tertiary/aromatic N) is 1. The summed E-state index contributed by atoms with van der Waals surface area (Å²) in [6.45, 7) is 4.67. The molecule has 0 aliphatic heterocycles. The molecule has 0 saturated carbocycles. The molecular weight excluding hydrogens is 823 g/mol. The number of carbonyl (C=O) groups is 3. The third-order valence-corrected chi connectivity index (χ3v) is 12.8. The molecule has 0 amide bonds. The zero-order valence-corrected chi connectivity index (χ0v) is 44.1. The summed E-state index contributed by atoms with van der Waals surface area (Å²) in [7, 11) is 5.42. The number of carbonyl (C=O) groups excluding carboxylic acids is 3. The third-order valence-electron chi connectivity index (χ3n) is 12.8. The summed E-state index contributed by atoms with van der Waals surface area (Å²) >= 11 is 0. The van der Waals surface area contributed by atoms with Crippen LogP contribution in [0.4, 0.5) is 0 Å². The van der Waals surface area contributed by atoms with Crippen LogP contribution in [-0.4, -0.2) is 75.5 Å². The van der Waals surface area contributed by atoms with Gasteiger partial charge in [0.1, 0.15) is 12.6 Å². The number of carboxylic acids is 1. The minimum absolute atomic E-state index is 0.0401. The van der Waals surface area contributed by atoms with Gasteiger partial charge in [0.15, 0.2) is 6.10 Å². The molecular formula is C58H107NO7. The van der Waals surface area contributed by atoms with Crippen LogP contribution in [0, 0.1) is 0 Å². The number of carboxylic acid groups (broad SMARTS) is 1. The lowest BCUT2D eigenvalue weighted by atomic mass is 10.0. The van der Waals surface area contributed by atoms with Crippen LogP contribution in [0.1, 0.15) is 264 Å². The Labute approximate surface area is 408 Å². The zero-order valence-electron chi connectivity index (χ0n) is 44.1. The first kappa shape index (κ1) is 63.5. The molecule has 0 aliphatic carbocycles. The molecule has 8 heteroatoms. The summed E-state index contributed by atoms with van der Waals surface area (Å²) < 4.78 is 17.3. The first-order valence-electron chi connectivity index (χ1n) is 28.0. The Morgan fingerprint density at radius 1 is 0.455 bits per heavy atom. The van der Waals surface area contributed by atoms with E-state index in [9.17, 15) is 19.5 Å². The van der Waals surface area contributed by atoms with Gasteiger partial charge in [0.25, 0.3) is 0 Å². The summed E-state index contributed by atoms with van der Waals surface area (Å²) in [6, 6.07) is -0.727. The standard InChI is InChI=1S/C58H107NO7/c1-6-8-10-12-14-16-18-20-22-24-26-27-28-29-31-32-34-36-38-40-42-44-46-48-56(60)65-53-54(52-64-51-50-55(58(62)63)59(3,4)5)66-57(61)49-47-45-43-41-39-37-35-33-30-25-23-21-19-17-15-13-11-9-7-2/h15,17,19,21,29,31,54-55H,6-14,16,18,20,22-28,30,32-53H2,1-5H3/b17-15+,21-19+,31-29+. The number of allylic oxidation sites excluding steroid dienone is 6. The van der Waals surface area contributed by atoms with Gasteiger partial charge in [-0.25, -0.2) is 0 Å². The van der Waals surface area contributed by atoms with E-state index in [2.05, 4.69) is 50.3 Å². The summed E-state index contributed by atoms with van der Waals surface area (Å²) in [4.78, 5) is 37.1. The molecule has 0 aromatic carbocycles. The first-order chi connectivity index (χ1) is 32.1. The molecule has 0 bridgehead atoms. The van der Waals surface area contributed by atoms with Crippen molar-refractivity contribution in [3.05, 3.63) is 36.5 Å². The van der Waals surface area contributed by atoms with Gasteiger partial charge in [0.2, 0.25) is 0 Å². The maximum Gasteiger partial charge on any atom is 0.306 e. The molecule has 0 saturated heterocycles. The predicted octanol–water partition coefficient (Wildman–Crippen LogP) is 15.2. The van der Waals surface area contributed by atoms with Crippen LogP contribution in [0.25, 0.3) is 0 Å². The Hall–Kier alpha value is -2.45. The molecule has 0 aromatic rings. The molecule has 0 aromatic heterocycles. The smallest absolute Gasteiger partial charge is 0.306 e. The highest BCUT2D eigenvalue weighted by molar-refractivity contribution is 5.70. The number of quaternary nitrogens is 1. The predicted molar refractivity (Wildman–Crippen MR) is 277 cm³/mol. The van der Waals surface area contributed by atoms with Gasteiger partial charge in [-0.1, -0.05) is 217 Å². The second kappa shape index (κ2) is 49.0. The van der Waals surface area contributed by atoms with E-state index >= 15 is 0 Å². The van der Waals surface area contributed by atoms with Gasteiger partial charge in [-0.2, -0.15) is 0 Å². The number of likely N-dealkylation sites (N-methyl/N-ethyl adjacent to an activating group) is 1. The number of rotatable bonds is 51. The van der Waals surface area contributed by atoms with Crippen LogP contribution in [-0.2, 0) is 28.6 Å². The summed E-state index contributed by atoms with van der Waals surface area (Å²) in [6.07, 6.45) is 58.9. The molecule has 0 N–H and O–H groups in total. The normalized spacial score (nSPS) is 13.0. The van der Waals surface area contributed by atoms with Crippen molar-refractivity contribution in [2.24, 2.45) is 0 Å². The number of esters is 2. The summed E-state index contributed by atoms with van der Waals surface area (Å²) in [5.74, 6) is -1.73. The molecule has 0 fully saturated rings. The van der Waals surface area contributed by atoms with Gasteiger partial charge in [0.05, 0.1) is 40.3 Å². The topological polar surface area (TPSA) is 102 Å². The van der Waals surface area contributed by atoms with Gasteiger partial charge in [-0.15, -0.1) is 0 Å². The molecule has 386 valence electrons. The molecule has 2 unspecified atom stereocenters. The van der Waals surface area contributed by atoms with E-state index in [0.717, 1.165) is 38.5 Å². The minimum Gasteiger partial charge on any atom is -0.544 e. The fourth-order valence-electron chi connectivity index (χ4n) is 8.41. The van der Waals surface area contributed by atoms with E-state index in [-0.39, 0.29) is 42.7 Å². The molecule has 2 atom stereocenters. The van der Waals surface area contributed by atoms with E-state index in [1.165, 1.54) is 193 Å². The molecule has 66 heavy (non-hydrogen) atoms. The summed E-state index contributed by atoms with van der Waals surface area (Å²) in [5.41, 5.74) is 0. The largest absolute Gasteiger partial charge is 0.544 e. The van der Waals surface area contributed by atoms with Gasteiger partial charge >= 0.3 is 11.9 Å². The van der Waals surface area contributed by atoms with E-state index in [1.54, 1.807) is 0 Å². The van der Waals surface area contributed by atoms with Crippen LogP contribution >= 0.6 is 0 Å². The quantitative estimate of drug-likeness (QED) is 0.0197. The van der Waals surface area contributed by atoms with Gasteiger partial charge in [-0.3, -0.25) is 9.59 Å². The Morgan fingerprint density at radius 2 is 0.803 bits per heavy atom. The van der Waals surface area contributed by atoms with Crippen molar-refractivity contribution < 1.29 is 38.2 Å². The van der Waals surface area contributed by atoms with E-state index in [4.69, 9.17) is 14.2 Å². The van der Waals surface area contributed by atoms with Crippen molar-refractivity contribution in [2.45, 2.75) is 276 Å². The number of ether oxygens (including phenoxy) is 3. The number of unbranched alkanes of at least 4 members (excludes halogenated alkanes) is 32. The highest BCUT2D eigenvalue weighted by Crippen LogP contribution is 2.16. The van der Waals surface area contributed by atoms with Crippen molar-refractivity contribution in [1.82, 2.24) is 0 Å². The highest BCUT2D eigenvalue weighted by Gasteiger charge is 2.25. The lowest BCUT2D eigenvalue weighted by Gasteiger charge is -2.34. The average molecular weight is 930 g/mol. The highest BCUT2D eigenvalue weighted by atomic mass is 16.6. The van der Waals surface area contributed by atoms with Crippen LogP contribution in [0.2, 0.25) is 0 Å². The lowest BCUT2D eigenvalue weighted by Crippen LogP contribution is -2.55.